The van der Waals surface area contributed by atoms with E-state index in [4.69, 9.17) is 16.3 Å². The molecule has 1 aliphatic heterocycles. The number of nitrogens with zero attached hydrogens (tertiary/aromatic N) is 1. The third kappa shape index (κ3) is 2.45. The molecule has 0 spiro atoms. The molecular weight excluding hydrogens is 238 g/mol. The number of carbonyl (C=O) groups excluding carboxylic acids is 1. The Morgan fingerprint density at radius 2 is 2.35 bits per heavy atom. The second-order valence-electron chi connectivity index (χ2n) is 4.25. The Bertz CT molecular complexity index is 431. The van der Waals surface area contributed by atoms with Crippen molar-refractivity contribution in [3.05, 3.63) is 29.3 Å². The van der Waals surface area contributed by atoms with Gasteiger partial charge < -0.3 is 9.64 Å². The summed E-state index contributed by atoms with van der Waals surface area (Å²) in [6, 6.07) is 6.08. The van der Waals surface area contributed by atoms with Crippen molar-refractivity contribution in [2.45, 2.75) is 25.3 Å². The summed E-state index contributed by atoms with van der Waals surface area (Å²) in [6.45, 7) is 3.04. The topological polar surface area (TPSA) is 29.5 Å². The Morgan fingerprint density at radius 3 is 3.00 bits per heavy atom. The molecule has 0 aromatic heterocycles. The van der Waals surface area contributed by atoms with Crippen molar-refractivity contribution in [3.8, 4) is 0 Å². The molecule has 0 radical (unpaired) electrons. The van der Waals surface area contributed by atoms with E-state index >= 15 is 0 Å². The van der Waals surface area contributed by atoms with Crippen molar-refractivity contribution in [3.63, 3.8) is 0 Å². The molecule has 0 fully saturated rings. The standard InChI is InChI=1S/C13H16ClNO2/c1-9(14)13(16)15-6-5-11-7-10(8-17-2)3-4-12(11)15/h3-4,7,9H,5-6,8H2,1-2H3. The zero-order valence-electron chi connectivity index (χ0n) is 10.1. The summed E-state index contributed by atoms with van der Waals surface area (Å²) in [7, 11) is 1.68. The number of methoxy groups -OCH3 is 1. The summed E-state index contributed by atoms with van der Waals surface area (Å²) in [4.78, 5) is 13.7. The Balaban J connectivity index is 2.24. The number of hydrogen-bond acceptors (Lipinski definition) is 2. The summed E-state index contributed by atoms with van der Waals surface area (Å²) in [5.41, 5.74) is 3.33. The predicted molar refractivity (Wildman–Crippen MR) is 68.5 cm³/mol. The predicted octanol–water partition coefficient (Wildman–Crippen LogP) is 2.35. The van der Waals surface area contributed by atoms with E-state index in [2.05, 4.69) is 6.07 Å². The highest BCUT2D eigenvalue weighted by Crippen LogP contribution is 2.30. The molecule has 0 bridgehead atoms. The second-order valence-corrected chi connectivity index (χ2v) is 4.91. The Hall–Kier alpha value is -1.06. The molecule has 1 heterocycles. The highest BCUT2D eigenvalue weighted by atomic mass is 35.5. The van der Waals surface area contributed by atoms with Gasteiger partial charge in [0.25, 0.3) is 0 Å². The van der Waals surface area contributed by atoms with Crippen LogP contribution >= 0.6 is 11.6 Å². The largest absolute Gasteiger partial charge is 0.380 e. The average Bonchev–Trinajstić information content (AvgIpc) is 2.71. The van der Waals surface area contributed by atoms with Crippen molar-refractivity contribution in [1.82, 2.24) is 0 Å². The molecule has 0 saturated carbocycles. The number of ether oxygens (including phenoxy) is 1. The molecule has 17 heavy (non-hydrogen) atoms. The Labute approximate surface area is 106 Å². The molecule has 4 heteroatoms. The van der Waals surface area contributed by atoms with Crippen LogP contribution in [0.3, 0.4) is 0 Å². The smallest absolute Gasteiger partial charge is 0.244 e. The lowest BCUT2D eigenvalue weighted by atomic mass is 10.1. The van der Waals surface area contributed by atoms with Gasteiger partial charge in [-0.3, -0.25) is 4.79 Å². The molecule has 1 aromatic rings. The van der Waals surface area contributed by atoms with E-state index in [9.17, 15) is 4.79 Å². The number of benzene rings is 1. The van der Waals surface area contributed by atoms with Gasteiger partial charge in [0.05, 0.1) is 6.61 Å². The fraction of sp³-hybridized carbons (Fsp3) is 0.462. The Morgan fingerprint density at radius 1 is 1.59 bits per heavy atom. The monoisotopic (exact) mass is 253 g/mol. The maximum atomic E-state index is 11.9. The van der Waals surface area contributed by atoms with Gasteiger partial charge in [0.1, 0.15) is 5.38 Å². The third-order valence-electron chi connectivity index (χ3n) is 2.96. The van der Waals surface area contributed by atoms with Gasteiger partial charge in [-0.25, -0.2) is 0 Å². The number of anilines is 1. The van der Waals surface area contributed by atoms with E-state index in [1.165, 1.54) is 5.56 Å². The average molecular weight is 254 g/mol. The highest BCUT2D eigenvalue weighted by molar-refractivity contribution is 6.32. The first kappa shape index (κ1) is 12.4. The van der Waals surface area contributed by atoms with Crippen LogP contribution in [0.4, 0.5) is 5.69 Å². The minimum atomic E-state index is -0.473. The van der Waals surface area contributed by atoms with Crippen LogP contribution in [0.1, 0.15) is 18.1 Å². The molecule has 2 rings (SSSR count). The van der Waals surface area contributed by atoms with Crippen molar-refractivity contribution < 1.29 is 9.53 Å². The van der Waals surface area contributed by atoms with Gasteiger partial charge >= 0.3 is 0 Å². The lowest BCUT2D eigenvalue weighted by Crippen LogP contribution is -2.34. The van der Waals surface area contributed by atoms with Crippen LogP contribution in [0.25, 0.3) is 0 Å². The molecule has 0 saturated heterocycles. The number of fused-ring (bicyclic) bond motifs is 1. The number of hydrogen-bond donors (Lipinski definition) is 0. The minimum absolute atomic E-state index is 0.0232. The van der Waals surface area contributed by atoms with Crippen LogP contribution < -0.4 is 4.90 Å². The zero-order valence-corrected chi connectivity index (χ0v) is 10.8. The molecule has 0 N–H and O–H groups in total. The maximum absolute atomic E-state index is 11.9. The summed E-state index contributed by atoms with van der Waals surface area (Å²) in [5, 5.41) is -0.473. The molecule has 1 amide bonds. The molecule has 1 aliphatic rings. The molecule has 1 aromatic carbocycles. The quantitative estimate of drug-likeness (QED) is 0.774. The van der Waals surface area contributed by atoms with E-state index < -0.39 is 5.38 Å². The van der Waals surface area contributed by atoms with Gasteiger partial charge in [-0.2, -0.15) is 0 Å². The summed E-state index contributed by atoms with van der Waals surface area (Å²) >= 11 is 5.84. The van der Waals surface area contributed by atoms with E-state index in [0.717, 1.165) is 24.2 Å². The van der Waals surface area contributed by atoms with E-state index in [0.29, 0.717) is 6.61 Å². The number of carbonyl (C=O) groups is 1. The van der Waals surface area contributed by atoms with E-state index in [-0.39, 0.29) is 5.91 Å². The molecule has 1 atom stereocenters. The molecule has 3 nitrogen and oxygen atoms in total. The van der Waals surface area contributed by atoms with Crippen LogP contribution in [0.2, 0.25) is 0 Å². The number of alkyl halides is 1. The van der Waals surface area contributed by atoms with Crippen LogP contribution in [-0.4, -0.2) is 24.9 Å². The molecular formula is C13H16ClNO2. The van der Waals surface area contributed by atoms with Gasteiger partial charge in [0.2, 0.25) is 5.91 Å². The van der Waals surface area contributed by atoms with Gasteiger partial charge in [-0.15, -0.1) is 11.6 Å². The number of amides is 1. The first-order valence-corrected chi connectivity index (χ1v) is 6.13. The number of halogens is 1. The van der Waals surface area contributed by atoms with E-state index in [1.54, 1.807) is 18.9 Å². The molecule has 1 unspecified atom stereocenters. The van der Waals surface area contributed by atoms with Crippen molar-refractivity contribution >= 4 is 23.2 Å². The van der Waals surface area contributed by atoms with Gasteiger partial charge in [0, 0.05) is 19.3 Å². The first-order chi connectivity index (χ1) is 8.13. The minimum Gasteiger partial charge on any atom is -0.380 e. The molecule has 92 valence electrons. The fourth-order valence-corrected chi connectivity index (χ4v) is 2.27. The third-order valence-corrected chi connectivity index (χ3v) is 3.14. The summed E-state index contributed by atoms with van der Waals surface area (Å²) < 4.78 is 5.10. The van der Waals surface area contributed by atoms with Crippen molar-refractivity contribution in [2.24, 2.45) is 0 Å². The highest BCUT2D eigenvalue weighted by Gasteiger charge is 2.26. The Kier molecular flexibility index (Phi) is 3.69. The normalized spacial score (nSPS) is 15.8. The van der Waals surface area contributed by atoms with Crippen molar-refractivity contribution in [2.75, 3.05) is 18.6 Å². The van der Waals surface area contributed by atoms with Gasteiger partial charge in [-0.1, -0.05) is 12.1 Å². The zero-order chi connectivity index (χ0) is 12.4. The van der Waals surface area contributed by atoms with Gasteiger partial charge in [-0.05, 0) is 30.5 Å². The first-order valence-electron chi connectivity index (χ1n) is 5.69. The lowest BCUT2D eigenvalue weighted by molar-refractivity contribution is -0.117. The molecule has 0 aliphatic carbocycles. The fourth-order valence-electron chi connectivity index (χ4n) is 2.16. The second kappa shape index (κ2) is 5.07. The van der Waals surface area contributed by atoms with Crippen LogP contribution in [0.15, 0.2) is 18.2 Å². The lowest BCUT2D eigenvalue weighted by Gasteiger charge is -2.18. The van der Waals surface area contributed by atoms with Crippen LogP contribution in [-0.2, 0) is 22.6 Å². The maximum Gasteiger partial charge on any atom is 0.244 e. The van der Waals surface area contributed by atoms with Crippen molar-refractivity contribution in [1.29, 1.82) is 0 Å². The summed E-state index contributed by atoms with van der Waals surface area (Å²) in [6.07, 6.45) is 0.891. The summed E-state index contributed by atoms with van der Waals surface area (Å²) in [5.74, 6) is -0.0232. The SMILES string of the molecule is COCc1ccc2c(c1)CCN2C(=O)C(C)Cl. The van der Waals surface area contributed by atoms with Crippen LogP contribution in [0.5, 0.6) is 0 Å². The number of rotatable bonds is 3. The van der Waals surface area contributed by atoms with Gasteiger partial charge in [0.15, 0.2) is 0 Å². The van der Waals surface area contributed by atoms with E-state index in [1.807, 2.05) is 12.1 Å². The van der Waals surface area contributed by atoms with Crippen LogP contribution in [0, 0.1) is 0 Å².